The molecule has 0 aliphatic heterocycles. The molecule has 0 radical (unpaired) electrons. The van der Waals surface area contributed by atoms with Crippen molar-refractivity contribution in [3.63, 3.8) is 0 Å². The van der Waals surface area contributed by atoms with E-state index in [1.165, 1.54) is 18.7 Å². The Morgan fingerprint density at radius 2 is 2.30 bits per heavy atom. The number of hydrogen-bond donors (Lipinski definition) is 0. The summed E-state index contributed by atoms with van der Waals surface area (Å²) in [5, 5.41) is 0. The number of nitrogens with zero attached hydrogens (tertiary/aromatic N) is 2. The lowest BCUT2D eigenvalue weighted by molar-refractivity contribution is 0.588. The highest BCUT2D eigenvalue weighted by molar-refractivity contribution is 7.89. The van der Waals surface area contributed by atoms with E-state index in [1.54, 1.807) is 6.92 Å². The highest BCUT2D eigenvalue weighted by atomic mass is 32.2. The molecule has 0 unspecified atom stereocenters. The Labute approximate surface area is 59.6 Å². The second-order valence-electron chi connectivity index (χ2n) is 1.79. The fraction of sp³-hybridized carbons (Fsp3) is 0.400. The highest BCUT2D eigenvalue weighted by Crippen LogP contribution is 1.94. The van der Waals surface area contributed by atoms with E-state index in [0.717, 1.165) is 3.97 Å². The molecule has 0 amide bonds. The third kappa shape index (κ3) is 1.18. The average molecular weight is 160 g/mol. The van der Waals surface area contributed by atoms with Gasteiger partial charge in [-0.2, -0.15) is 0 Å². The second kappa shape index (κ2) is 2.42. The normalized spacial score (nSPS) is 11.7. The van der Waals surface area contributed by atoms with E-state index < -0.39 is 10.0 Å². The zero-order valence-electron chi connectivity index (χ0n) is 5.56. The lowest BCUT2D eigenvalue weighted by atomic mass is 11.0. The third-order valence-corrected chi connectivity index (χ3v) is 2.75. The minimum absolute atomic E-state index is 0.101. The van der Waals surface area contributed by atoms with Gasteiger partial charge in [-0.25, -0.2) is 17.4 Å². The summed E-state index contributed by atoms with van der Waals surface area (Å²) in [6, 6.07) is 0. The standard InChI is InChI=1S/C5H8N2O2S/c1-2-10(8,9)7-4-3-6-5-7/h3-5H,2H2,1H3. The van der Waals surface area contributed by atoms with Gasteiger partial charge in [-0.05, 0) is 6.92 Å². The van der Waals surface area contributed by atoms with Gasteiger partial charge in [-0.15, -0.1) is 0 Å². The minimum atomic E-state index is -3.10. The van der Waals surface area contributed by atoms with Gasteiger partial charge < -0.3 is 0 Å². The largest absolute Gasteiger partial charge is 0.244 e. The van der Waals surface area contributed by atoms with Crippen LogP contribution < -0.4 is 0 Å². The Kier molecular flexibility index (Phi) is 1.76. The predicted octanol–water partition coefficient (Wildman–Crippen LogP) is 0.0809. The van der Waals surface area contributed by atoms with Gasteiger partial charge in [-0.1, -0.05) is 0 Å². The summed E-state index contributed by atoms with van der Waals surface area (Å²) in [5.74, 6) is 0.101. The molecule has 1 rings (SSSR count). The van der Waals surface area contributed by atoms with Crippen LogP contribution in [0.15, 0.2) is 18.7 Å². The topological polar surface area (TPSA) is 52.0 Å². The Morgan fingerprint density at radius 1 is 1.60 bits per heavy atom. The number of hydrogen-bond acceptors (Lipinski definition) is 3. The SMILES string of the molecule is CCS(=O)(=O)n1ccnc1. The summed E-state index contributed by atoms with van der Waals surface area (Å²) >= 11 is 0. The average Bonchev–Trinajstić information content (AvgIpc) is 2.38. The fourth-order valence-electron chi connectivity index (χ4n) is 0.561. The van der Waals surface area contributed by atoms with Crippen LogP contribution in [0.25, 0.3) is 0 Å². The molecule has 0 saturated heterocycles. The zero-order chi connectivity index (χ0) is 7.61. The van der Waals surface area contributed by atoms with Gasteiger partial charge in [0, 0.05) is 12.4 Å². The smallest absolute Gasteiger partial charge is 0.239 e. The molecule has 0 fully saturated rings. The Balaban J connectivity index is 3.09. The van der Waals surface area contributed by atoms with E-state index in [4.69, 9.17) is 0 Å². The van der Waals surface area contributed by atoms with Gasteiger partial charge in [0.15, 0.2) is 0 Å². The van der Waals surface area contributed by atoms with Gasteiger partial charge in [0.1, 0.15) is 6.33 Å². The number of imidazole rings is 1. The first-order valence-corrected chi connectivity index (χ1v) is 4.49. The van der Waals surface area contributed by atoms with Crippen molar-refractivity contribution in [3.05, 3.63) is 18.7 Å². The number of rotatable bonds is 2. The molecule has 0 atom stereocenters. The first kappa shape index (κ1) is 7.27. The highest BCUT2D eigenvalue weighted by Gasteiger charge is 2.06. The van der Waals surface area contributed by atoms with Crippen LogP contribution >= 0.6 is 0 Å². The molecule has 0 bridgehead atoms. The molecule has 0 aliphatic carbocycles. The van der Waals surface area contributed by atoms with E-state index in [1.807, 2.05) is 0 Å². The molecule has 1 heterocycles. The van der Waals surface area contributed by atoms with E-state index in [9.17, 15) is 8.42 Å². The van der Waals surface area contributed by atoms with Crippen LogP contribution in [-0.2, 0) is 10.0 Å². The summed E-state index contributed by atoms with van der Waals surface area (Å²) in [5.41, 5.74) is 0. The van der Waals surface area contributed by atoms with Crippen LogP contribution in [0.5, 0.6) is 0 Å². The molecule has 1 aromatic heterocycles. The molecule has 0 N–H and O–H groups in total. The zero-order valence-corrected chi connectivity index (χ0v) is 6.37. The van der Waals surface area contributed by atoms with Crippen molar-refractivity contribution in [1.29, 1.82) is 0 Å². The van der Waals surface area contributed by atoms with Crippen molar-refractivity contribution in [2.75, 3.05) is 5.75 Å². The van der Waals surface area contributed by atoms with Crippen molar-refractivity contribution in [2.45, 2.75) is 6.92 Å². The molecule has 4 nitrogen and oxygen atoms in total. The predicted molar refractivity (Wildman–Crippen MR) is 37.1 cm³/mol. The van der Waals surface area contributed by atoms with Crippen LogP contribution in [0, 0.1) is 0 Å². The van der Waals surface area contributed by atoms with Crippen LogP contribution in [0.3, 0.4) is 0 Å². The van der Waals surface area contributed by atoms with E-state index in [-0.39, 0.29) is 5.75 Å². The molecule has 1 aromatic rings. The summed E-state index contributed by atoms with van der Waals surface area (Å²) < 4.78 is 23.1. The van der Waals surface area contributed by atoms with Crippen molar-refractivity contribution in [3.8, 4) is 0 Å². The third-order valence-electron chi connectivity index (χ3n) is 1.17. The summed E-state index contributed by atoms with van der Waals surface area (Å²) in [6.07, 6.45) is 4.13. The first-order valence-electron chi connectivity index (χ1n) is 2.88. The molecule has 0 aliphatic rings. The van der Waals surface area contributed by atoms with E-state index >= 15 is 0 Å². The summed E-state index contributed by atoms with van der Waals surface area (Å²) in [7, 11) is -3.10. The van der Waals surface area contributed by atoms with Gasteiger partial charge in [0.25, 0.3) is 0 Å². The van der Waals surface area contributed by atoms with Crippen LogP contribution in [0.1, 0.15) is 6.92 Å². The molecule has 0 aromatic carbocycles. The molecule has 5 heteroatoms. The fourth-order valence-corrected chi connectivity index (χ4v) is 1.30. The van der Waals surface area contributed by atoms with Gasteiger partial charge in [-0.3, -0.25) is 0 Å². The first-order chi connectivity index (χ1) is 4.67. The van der Waals surface area contributed by atoms with Crippen molar-refractivity contribution >= 4 is 10.0 Å². The van der Waals surface area contributed by atoms with Crippen molar-refractivity contribution in [2.24, 2.45) is 0 Å². The quantitative estimate of drug-likeness (QED) is 0.615. The Morgan fingerprint density at radius 3 is 2.70 bits per heavy atom. The monoisotopic (exact) mass is 160 g/mol. The van der Waals surface area contributed by atoms with Crippen LogP contribution in [-0.4, -0.2) is 23.1 Å². The van der Waals surface area contributed by atoms with E-state index in [0.29, 0.717) is 0 Å². The maximum absolute atomic E-state index is 11.0. The van der Waals surface area contributed by atoms with Crippen molar-refractivity contribution < 1.29 is 8.42 Å². The van der Waals surface area contributed by atoms with Gasteiger partial charge in [0.05, 0.1) is 5.75 Å². The molecular formula is C5H8N2O2S. The maximum Gasteiger partial charge on any atom is 0.239 e. The van der Waals surface area contributed by atoms with Crippen LogP contribution in [0.4, 0.5) is 0 Å². The maximum atomic E-state index is 11.0. The Bertz CT molecular complexity index is 287. The van der Waals surface area contributed by atoms with E-state index in [2.05, 4.69) is 4.98 Å². The van der Waals surface area contributed by atoms with Gasteiger partial charge >= 0.3 is 0 Å². The molecule has 0 spiro atoms. The molecular weight excluding hydrogens is 152 g/mol. The summed E-state index contributed by atoms with van der Waals surface area (Å²) in [4.78, 5) is 3.62. The van der Waals surface area contributed by atoms with Crippen LogP contribution in [0.2, 0.25) is 0 Å². The second-order valence-corrected chi connectivity index (χ2v) is 3.96. The molecule has 0 saturated carbocycles. The van der Waals surface area contributed by atoms with Gasteiger partial charge in [0.2, 0.25) is 10.0 Å². The number of aromatic nitrogens is 2. The molecule has 10 heavy (non-hydrogen) atoms. The lowest BCUT2D eigenvalue weighted by Crippen LogP contribution is -2.12. The summed E-state index contributed by atoms with van der Waals surface area (Å²) in [6.45, 7) is 1.59. The minimum Gasteiger partial charge on any atom is -0.244 e. The Hall–Kier alpha value is -0.840. The van der Waals surface area contributed by atoms with Crippen molar-refractivity contribution in [1.82, 2.24) is 8.96 Å². The molecule has 56 valence electrons. The lowest BCUT2D eigenvalue weighted by Gasteiger charge is -1.98.